The van der Waals surface area contributed by atoms with E-state index < -0.39 is 0 Å². The van der Waals surface area contributed by atoms with Gasteiger partial charge in [0.2, 0.25) is 5.91 Å². The van der Waals surface area contributed by atoms with Crippen LogP contribution in [0, 0.1) is 0 Å². The number of nitrogens with zero attached hydrogens (tertiary/aromatic N) is 2. The van der Waals surface area contributed by atoms with Crippen molar-refractivity contribution in [3.8, 4) is 0 Å². The predicted molar refractivity (Wildman–Crippen MR) is 90.4 cm³/mol. The van der Waals surface area contributed by atoms with Gasteiger partial charge in [0.15, 0.2) is 0 Å². The van der Waals surface area contributed by atoms with Crippen LogP contribution in [0.4, 0.5) is 4.79 Å². The summed E-state index contributed by atoms with van der Waals surface area (Å²) in [6.45, 7) is 2.72. The molecule has 1 aromatic heterocycles. The normalized spacial score (nSPS) is 18.5. The molecule has 2 fully saturated rings. The molecule has 2 aliphatic rings. The highest BCUT2D eigenvalue weighted by Crippen LogP contribution is 2.25. The Bertz CT molecular complexity index is 718. The number of benzene rings is 1. The van der Waals surface area contributed by atoms with Gasteiger partial charge in [0.1, 0.15) is 0 Å². The van der Waals surface area contributed by atoms with Crippen LogP contribution in [0.2, 0.25) is 0 Å². The van der Waals surface area contributed by atoms with Gasteiger partial charge in [-0.15, -0.1) is 11.3 Å². The van der Waals surface area contributed by atoms with Crippen molar-refractivity contribution in [1.29, 1.82) is 0 Å². The molecule has 2 saturated heterocycles. The minimum Gasteiger partial charge on any atom is -0.336 e. The van der Waals surface area contributed by atoms with Crippen molar-refractivity contribution in [3.63, 3.8) is 0 Å². The third-order valence-corrected chi connectivity index (χ3v) is 5.71. The number of carbonyl (C=O) groups excluding carboxylic acids is 2. The van der Waals surface area contributed by atoms with E-state index in [1.807, 2.05) is 17.0 Å². The summed E-state index contributed by atoms with van der Waals surface area (Å²) >= 11 is 1.71. The van der Waals surface area contributed by atoms with Crippen molar-refractivity contribution in [3.05, 3.63) is 35.2 Å². The smallest absolute Gasteiger partial charge is 0.317 e. The van der Waals surface area contributed by atoms with Gasteiger partial charge in [-0.2, -0.15) is 0 Å². The molecule has 0 unspecified atom stereocenters. The molecule has 3 heterocycles. The minimum atomic E-state index is -0.0367. The first-order valence-electron chi connectivity index (χ1n) is 8.00. The molecule has 0 radical (unpaired) electrons. The van der Waals surface area contributed by atoms with E-state index in [-0.39, 0.29) is 18.0 Å². The zero-order chi connectivity index (χ0) is 15.8. The zero-order valence-electron chi connectivity index (χ0n) is 12.8. The molecule has 23 heavy (non-hydrogen) atoms. The van der Waals surface area contributed by atoms with Crippen LogP contribution < -0.4 is 5.32 Å². The Morgan fingerprint density at radius 2 is 2.13 bits per heavy atom. The third-order valence-electron chi connectivity index (χ3n) is 4.59. The molecular weight excluding hydrogens is 310 g/mol. The number of carbonyl (C=O) groups is 2. The van der Waals surface area contributed by atoms with Gasteiger partial charge in [-0.1, -0.05) is 18.2 Å². The number of hydrogen-bond acceptors (Lipinski definition) is 3. The van der Waals surface area contributed by atoms with Gasteiger partial charge in [-0.05, 0) is 23.9 Å². The van der Waals surface area contributed by atoms with E-state index >= 15 is 0 Å². The SMILES string of the molecule is O=C(NCc1cc2ccccc2s1)N1CC(N2CCCC2=O)C1. The highest BCUT2D eigenvalue weighted by molar-refractivity contribution is 7.19. The van der Waals surface area contributed by atoms with Crippen LogP contribution >= 0.6 is 11.3 Å². The van der Waals surface area contributed by atoms with Gasteiger partial charge in [-0.3, -0.25) is 4.79 Å². The highest BCUT2D eigenvalue weighted by atomic mass is 32.1. The maximum Gasteiger partial charge on any atom is 0.317 e. The second kappa shape index (κ2) is 5.85. The fourth-order valence-corrected chi connectivity index (χ4v) is 4.28. The summed E-state index contributed by atoms with van der Waals surface area (Å²) in [6.07, 6.45) is 1.61. The van der Waals surface area contributed by atoms with Crippen molar-refractivity contribution in [2.75, 3.05) is 19.6 Å². The van der Waals surface area contributed by atoms with Gasteiger partial charge in [-0.25, -0.2) is 4.79 Å². The lowest BCUT2D eigenvalue weighted by Gasteiger charge is -2.43. The van der Waals surface area contributed by atoms with Crippen LogP contribution in [0.25, 0.3) is 10.1 Å². The molecule has 0 atom stereocenters. The Kier molecular flexibility index (Phi) is 3.69. The number of fused-ring (bicyclic) bond motifs is 1. The maximum absolute atomic E-state index is 12.2. The number of hydrogen-bond donors (Lipinski definition) is 1. The molecule has 0 saturated carbocycles. The summed E-state index contributed by atoms with van der Waals surface area (Å²) in [7, 11) is 0. The highest BCUT2D eigenvalue weighted by Gasteiger charge is 2.38. The Balaban J connectivity index is 1.28. The average Bonchev–Trinajstić information content (AvgIpc) is 3.10. The lowest BCUT2D eigenvalue weighted by molar-refractivity contribution is -0.132. The molecule has 4 rings (SSSR count). The van der Waals surface area contributed by atoms with Crippen LogP contribution in [-0.4, -0.2) is 47.4 Å². The van der Waals surface area contributed by atoms with Crippen LogP contribution in [0.1, 0.15) is 17.7 Å². The third kappa shape index (κ3) is 2.79. The lowest BCUT2D eigenvalue weighted by Crippen LogP contribution is -2.63. The van der Waals surface area contributed by atoms with Gasteiger partial charge in [0, 0.05) is 35.6 Å². The largest absolute Gasteiger partial charge is 0.336 e. The first-order valence-corrected chi connectivity index (χ1v) is 8.82. The Hall–Kier alpha value is -2.08. The number of thiophene rings is 1. The van der Waals surface area contributed by atoms with Crippen molar-refractivity contribution in [2.45, 2.75) is 25.4 Å². The summed E-state index contributed by atoms with van der Waals surface area (Å²) < 4.78 is 1.24. The van der Waals surface area contributed by atoms with Crippen LogP contribution in [0.15, 0.2) is 30.3 Å². The summed E-state index contributed by atoms with van der Waals surface area (Å²) in [5, 5.41) is 4.20. The van der Waals surface area contributed by atoms with E-state index in [9.17, 15) is 9.59 Å². The van der Waals surface area contributed by atoms with Crippen molar-refractivity contribution in [2.24, 2.45) is 0 Å². The fourth-order valence-electron chi connectivity index (χ4n) is 3.27. The predicted octanol–water partition coefficient (Wildman–Crippen LogP) is 2.42. The molecule has 1 aromatic carbocycles. The van der Waals surface area contributed by atoms with E-state index in [0.717, 1.165) is 17.8 Å². The van der Waals surface area contributed by atoms with Gasteiger partial charge >= 0.3 is 6.03 Å². The molecule has 120 valence electrons. The van der Waals surface area contributed by atoms with Crippen LogP contribution in [0.3, 0.4) is 0 Å². The molecule has 2 aliphatic heterocycles. The fraction of sp³-hybridized carbons (Fsp3) is 0.412. The second-order valence-corrected chi connectivity index (χ2v) is 7.33. The average molecular weight is 329 g/mol. The topological polar surface area (TPSA) is 52.7 Å². The molecule has 6 heteroatoms. The van der Waals surface area contributed by atoms with Crippen molar-refractivity contribution >= 4 is 33.4 Å². The van der Waals surface area contributed by atoms with Gasteiger partial charge in [0.25, 0.3) is 0 Å². The number of amides is 3. The summed E-state index contributed by atoms with van der Waals surface area (Å²) in [5.41, 5.74) is 0. The summed E-state index contributed by atoms with van der Waals surface area (Å²) in [6, 6.07) is 10.5. The van der Waals surface area contributed by atoms with E-state index in [1.54, 1.807) is 16.2 Å². The van der Waals surface area contributed by atoms with E-state index in [1.165, 1.54) is 10.1 Å². The number of rotatable bonds is 3. The number of urea groups is 1. The number of likely N-dealkylation sites (tertiary alicyclic amines) is 2. The Morgan fingerprint density at radius 1 is 1.30 bits per heavy atom. The van der Waals surface area contributed by atoms with Gasteiger partial charge < -0.3 is 15.1 Å². The zero-order valence-corrected chi connectivity index (χ0v) is 13.6. The molecule has 1 N–H and O–H groups in total. The van der Waals surface area contributed by atoms with E-state index in [0.29, 0.717) is 26.1 Å². The van der Waals surface area contributed by atoms with E-state index in [4.69, 9.17) is 0 Å². The Morgan fingerprint density at radius 3 is 2.87 bits per heavy atom. The molecule has 3 amide bonds. The molecule has 0 spiro atoms. The first-order chi connectivity index (χ1) is 11.2. The monoisotopic (exact) mass is 329 g/mol. The molecule has 0 aliphatic carbocycles. The Labute approximate surface area is 138 Å². The van der Waals surface area contributed by atoms with E-state index in [2.05, 4.69) is 23.5 Å². The molecular formula is C17H19N3O2S. The van der Waals surface area contributed by atoms with Crippen molar-refractivity contribution < 1.29 is 9.59 Å². The second-order valence-electron chi connectivity index (χ2n) is 6.16. The van der Waals surface area contributed by atoms with Gasteiger partial charge in [0.05, 0.1) is 12.6 Å². The summed E-state index contributed by atoms with van der Waals surface area (Å²) in [5.74, 6) is 0.236. The maximum atomic E-state index is 12.2. The lowest BCUT2D eigenvalue weighted by atomic mass is 10.1. The quantitative estimate of drug-likeness (QED) is 0.940. The van der Waals surface area contributed by atoms with Crippen LogP contribution in [-0.2, 0) is 11.3 Å². The number of nitrogens with one attached hydrogen (secondary N) is 1. The molecule has 2 aromatic rings. The van der Waals surface area contributed by atoms with Crippen LogP contribution in [0.5, 0.6) is 0 Å². The molecule has 5 nitrogen and oxygen atoms in total. The minimum absolute atomic E-state index is 0.0367. The summed E-state index contributed by atoms with van der Waals surface area (Å²) in [4.78, 5) is 28.7. The molecule has 0 bridgehead atoms. The van der Waals surface area contributed by atoms with Crippen molar-refractivity contribution in [1.82, 2.24) is 15.1 Å². The first kappa shape index (κ1) is 14.5. The standard InChI is InChI=1S/C17H19N3O2S/c21-16-6-3-7-20(16)13-10-19(11-13)17(22)18-9-14-8-12-4-1-2-5-15(12)23-14/h1-2,4-5,8,13H,3,6-7,9-11H2,(H,18,22).